The fourth-order valence-electron chi connectivity index (χ4n) is 5.00. The molecule has 1 aromatic carbocycles. The number of pyridine rings is 1. The third-order valence-corrected chi connectivity index (χ3v) is 7.45. The molecule has 2 aliphatic carbocycles. The highest BCUT2D eigenvalue weighted by molar-refractivity contribution is 5.95. The number of benzene rings is 1. The molecule has 2 aliphatic rings. The van der Waals surface area contributed by atoms with Gasteiger partial charge in [-0.3, -0.25) is 9.78 Å². The quantitative estimate of drug-likeness (QED) is 0.311. The Balaban J connectivity index is 1.47. The number of hydrogen-bond donors (Lipinski definition) is 3. The lowest BCUT2D eigenvalue weighted by Crippen LogP contribution is -2.37. The van der Waals surface area contributed by atoms with E-state index in [2.05, 4.69) is 15.4 Å². The zero-order valence-electron chi connectivity index (χ0n) is 21.5. The summed E-state index contributed by atoms with van der Waals surface area (Å²) in [6, 6.07) is 10.4. The van der Waals surface area contributed by atoms with Crippen LogP contribution in [0.4, 0.5) is 17.6 Å². The smallest absolute Gasteiger partial charge is 0.384 e. The topological polar surface area (TPSA) is 106 Å². The summed E-state index contributed by atoms with van der Waals surface area (Å²) in [7, 11) is 0. The van der Waals surface area contributed by atoms with E-state index >= 15 is 0 Å². The Morgan fingerprint density at radius 2 is 1.98 bits per heavy atom. The monoisotopic (exact) mass is 555 g/mol. The van der Waals surface area contributed by atoms with Gasteiger partial charge in [-0.05, 0) is 55.0 Å². The third kappa shape index (κ3) is 5.85. The summed E-state index contributed by atoms with van der Waals surface area (Å²) in [5.74, 6) is -1.81. The average Bonchev–Trinajstić information content (AvgIpc) is 3.67. The second-order valence-electron chi connectivity index (χ2n) is 10.3. The molecule has 40 heavy (non-hydrogen) atoms. The summed E-state index contributed by atoms with van der Waals surface area (Å²) < 4.78 is 56.5. The summed E-state index contributed by atoms with van der Waals surface area (Å²) in [5.41, 5.74) is 3.75. The number of hydrogen-bond acceptors (Lipinski definition) is 5. The molecule has 2 aromatic heterocycles. The molecule has 1 fully saturated rings. The molecular formula is C29H29F4N5O2. The molecule has 1 saturated carbocycles. The van der Waals surface area contributed by atoms with E-state index in [-0.39, 0.29) is 24.4 Å². The van der Waals surface area contributed by atoms with Gasteiger partial charge in [0.05, 0.1) is 17.0 Å². The van der Waals surface area contributed by atoms with Crippen LogP contribution in [-0.4, -0.2) is 25.8 Å². The SMILES string of the molecule is NCc1cccc(-n2nc(C(F)(F)F)cc2C(=O)NC2=CC(C(O)(CCC3CC3)c3cccnc3)CC=C2F)c1. The molecule has 0 spiro atoms. The van der Waals surface area contributed by atoms with Crippen molar-refractivity contribution in [3.8, 4) is 5.69 Å². The standard InChI is InChI=1S/C29H29F4N5O2/c30-23-9-8-20(28(40,11-10-18-6-7-18)21-4-2-12-35-17-21)14-24(23)36-27(39)25-15-26(29(31,32)33)37-38(25)22-5-1-3-19(13-22)16-34/h1-5,9,12-15,17-18,20,40H,6-8,10-11,16,34H2,(H,36,39). The van der Waals surface area contributed by atoms with Crippen LogP contribution in [0.15, 0.2) is 78.5 Å². The Hall–Kier alpha value is -3.83. The molecule has 3 aromatic rings. The molecule has 210 valence electrons. The molecule has 2 heterocycles. The predicted molar refractivity (Wildman–Crippen MR) is 139 cm³/mol. The Morgan fingerprint density at radius 1 is 1.18 bits per heavy atom. The van der Waals surface area contributed by atoms with Crippen LogP contribution in [0.3, 0.4) is 0 Å². The van der Waals surface area contributed by atoms with Crippen LogP contribution in [0, 0.1) is 11.8 Å². The number of aliphatic hydroxyl groups is 1. The number of carbonyl (C=O) groups excluding carboxylic acids is 1. The van der Waals surface area contributed by atoms with Crippen molar-refractivity contribution in [1.29, 1.82) is 0 Å². The molecular weight excluding hydrogens is 526 g/mol. The first-order valence-electron chi connectivity index (χ1n) is 13.1. The fourth-order valence-corrected chi connectivity index (χ4v) is 5.00. The van der Waals surface area contributed by atoms with Gasteiger partial charge < -0.3 is 16.2 Å². The van der Waals surface area contributed by atoms with Gasteiger partial charge in [-0.1, -0.05) is 37.1 Å². The molecule has 0 radical (unpaired) electrons. The molecule has 7 nitrogen and oxygen atoms in total. The van der Waals surface area contributed by atoms with Crippen molar-refractivity contribution < 1.29 is 27.5 Å². The van der Waals surface area contributed by atoms with Gasteiger partial charge in [-0.15, -0.1) is 0 Å². The van der Waals surface area contributed by atoms with E-state index in [1.54, 1.807) is 36.7 Å². The summed E-state index contributed by atoms with van der Waals surface area (Å²) >= 11 is 0. The van der Waals surface area contributed by atoms with Gasteiger partial charge in [-0.2, -0.15) is 18.3 Å². The van der Waals surface area contributed by atoms with E-state index < -0.39 is 40.8 Å². The largest absolute Gasteiger partial charge is 0.435 e. The van der Waals surface area contributed by atoms with Gasteiger partial charge in [0, 0.05) is 36.5 Å². The van der Waals surface area contributed by atoms with Crippen LogP contribution in [-0.2, 0) is 18.3 Å². The highest BCUT2D eigenvalue weighted by Crippen LogP contribution is 2.44. The normalized spacial score (nSPS) is 19.0. The minimum Gasteiger partial charge on any atom is -0.384 e. The van der Waals surface area contributed by atoms with E-state index in [4.69, 9.17) is 5.73 Å². The van der Waals surface area contributed by atoms with Crippen LogP contribution in [0.2, 0.25) is 0 Å². The van der Waals surface area contributed by atoms with E-state index in [1.807, 2.05) is 0 Å². The Kier molecular flexibility index (Phi) is 7.61. The van der Waals surface area contributed by atoms with Gasteiger partial charge >= 0.3 is 6.18 Å². The number of aromatic nitrogens is 3. The van der Waals surface area contributed by atoms with E-state index in [9.17, 15) is 27.5 Å². The summed E-state index contributed by atoms with van der Waals surface area (Å²) in [5, 5.41) is 17.9. The minimum absolute atomic E-state index is 0.133. The van der Waals surface area contributed by atoms with Crippen LogP contribution < -0.4 is 11.1 Å². The lowest BCUT2D eigenvalue weighted by Gasteiger charge is -2.36. The minimum atomic E-state index is -4.81. The first-order valence-corrected chi connectivity index (χ1v) is 13.1. The number of amides is 1. The number of nitrogens with two attached hydrogens (primary N) is 1. The molecule has 5 rings (SSSR count). The molecule has 2 atom stereocenters. The van der Waals surface area contributed by atoms with Gasteiger partial charge in [0.25, 0.3) is 5.91 Å². The van der Waals surface area contributed by atoms with Crippen molar-refractivity contribution >= 4 is 5.91 Å². The molecule has 4 N–H and O–H groups in total. The number of rotatable bonds is 9. The second-order valence-corrected chi connectivity index (χ2v) is 10.3. The van der Waals surface area contributed by atoms with Crippen LogP contribution in [0.25, 0.3) is 5.69 Å². The second kappa shape index (κ2) is 11.0. The molecule has 0 saturated heterocycles. The van der Waals surface area contributed by atoms with Crippen LogP contribution >= 0.6 is 0 Å². The number of allylic oxidation sites excluding steroid dienone is 2. The van der Waals surface area contributed by atoms with Gasteiger partial charge in [0.2, 0.25) is 0 Å². The summed E-state index contributed by atoms with van der Waals surface area (Å²) in [6.07, 6.45) is 4.62. The van der Waals surface area contributed by atoms with Gasteiger partial charge in [0.15, 0.2) is 5.69 Å². The van der Waals surface area contributed by atoms with Crippen LogP contribution in [0.1, 0.15) is 59.4 Å². The zero-order chi connectivity index (χ0) is 28.5. The highest BCUT2D eigenvalue weighted by Gasteiger charge is 2.41. The Bertz CT molecular complexity index is 1450. The molecule has 11 heteroatoms. The predicted octanol–water partition coefficient (Wildman–Crippen LogP) is 5.31. The van der Waals surface area contributed by atoms with Crippen molar-refractivity contribution in [3.63, 3.8) is 0 Å². The van der Waals surface area contributed by atoms with Crippen molar-refractivity contribution in [3.05, 3.63) is 101 Å². The number of nitrogens with one attached hydrogen (secondary N) is 1. The van der Waals surface area contributed by atoms with Crippen molar-refractivity contribution in [2.24, 2.45) is 17.6 Å². The maximum Gasteiger partial charge on any atom is 0.435 e. The van der Waals surface area contributed by atoms with E-state index in [0.717, 1.165) is 23.9 Å². The molecule has 2 unspecified atom stereocenters. The number of halogens is 4. The lowest BCUT2D eigenvalue weighted by atomic mass is 9.74. The zero-order valence-corrected chi connectivity index (χ0v) is 21.5. The number of carbonyl (C=O) groups is 1. The third-order valence-electron chi connectivity index (χ3n) is 7.45. The van der Waals surface area contributed by atoms with Crippen molar-refractivity contribution in [1.82, 2.24) is 20.1 Å². The van der Waals surface area contributed by atoms with Crippen molar-refractivity contribution in [2.75, 3.05) is 0 Å². The van der Waals surface area contributed by atoms with Crippen LogP contribution in [0.5, 0.6) is 0 Å². The maximum atomic E-state index is 15.0. The summed E-state index contributed by atoms with van der Waals surface area (Å²) in [4.78, 5) is 17.5. The lowest BCUT2D eigenvalue weighted by molar-refractivity contribution is -0.141. The highest BCUT2D eigenvalue weighted by atomic mass is 19.4. The summed E-state index contributed by atoms with van der Waals surface area (Å²) in [6.45, 7) is 0.133. The first-order chi connectivity index (χ1) is 19.1. The van der Waals surface area contributed by atoms with Crippen molar-refractivity contribution in [2.45, 2.75) is 50.4 Å². The maximum absolute atomic E-state index is 15.0. The Morgan fingerprint density at radius 3 is 2.65 bits per heavy atom. The molecule has 1 amide bonds. The molecule has 0 bridgehead atoms. The van der Waals surface area contributed by atoms with Gasteiger partial charge in [0.1, 0.15) is 11.5 Å². The van der Waals surface area contributed by atoms with E-state index in [1.165, 1.54) is 24.3 Å². The number of nitrogens with zero attached hydrogens (tertiary/aromatic N) is 3. The average molecular weight is 556 g/mol. The molecule has 0 aliphatic heterocycles. The van der Waals surface area contributed by atoms with E-state index in [0.29, 0.717) is 29.5 Å². The fraction of sp³-hybridized carbons (Fsp3) is 0.345. The Labute approximate surface area is 228 Å². The van der Waals surface area contributed by atoms with Gasteiger partial charge in [-0.25, -0.2) is 9.07 Å². The number of alkyl halides is 3. The first kappa shape index (κ1) is 27.7.